The Balaban J connectivity index is 2.87. The van der Waals surface area contributed by atoms with E-state index in [0.29, 0.717) is 11.4 Å². The molecule has 0 bridgehead atoms. The molecule has 64 valence electrons. The molecule has 0 atom stereocenters. The molecule has 0 aliphatic carbocycles. The molecule has 0 spiro atoms. The summed E-state index contributed by atoms with van der Waals surface area (Å²) in [7, 11) is 0. The monoisotopic (exact) mass is 171 g/mol. The molecule has 3 nitrogen and oxygen atoms in total. The van der Waals surface area contributed by atoms with Gasteiger partial charge >= 0.3 is 0 Å². The Morgan fingerprint density at radius 3 is 2.92 bits per heavy atom. The fourth-order valence-corrected chi connectivity index (χ4v) is 1.41. The van der Waals surface area contributed by atoms with E-state index in [-0.39, 0.29) is 0 Å². The van der Waals surface area contributed by atoms with Crippen LogP contribution >= 0.6 is 0 Å². The van der Waals surface area contributed by atoms with Crippen molar-refractivity contribution >= 4 is 16.6 Å². The van der Waals surface area contributed by atoms with E-state index in [2.05, 4.69) is 4.98 Å². The number of hydrogen-bond donors (Lipinski definition) is 2. The van der Waals surface area contributed by atoms with Crippen LogP contribution in [0.4, 0.5) is 5.69 Å². The van der Waals surface area contributed by atoms with E-state index in [1.165, 1.54) is 0 Å². The molecule has 0 amide bonds. The number of nitriles is 1. The predicted molar refractivity (Wildman–Crippen MR) is 52.2 cm³/mol. The Hall–Kier alpha value is -1.95. The summed E-state index contributed by atoms with van der Waals surface area (Å²) >= 11 is 0. The van der Waals surface area contributed by atoms with E-state index in [4.69, 9.17) is 11.0 Å². The van der Waals surface area contributed by atoms with Crippen molar-refractivity contribution in [3.8, 4) is 6.07 Å². The number of H-pyrrole nitrogens is 1. The largest absolute Gasteiger partial charge is 0.396 e. The zero-order chi connectivity index (χ0) is 9.42. The molecule has 0 aliphatic heterocycles. The highest BCUT2D eigenvalue weighted by Gasteiger charge is 2.06. The second-order valence-electron chi connectivity index (χ2n) is 3.07. The highest BCUT2D eigenvalue weighted by Crippen LogP contribution is 2.24. The molecule has 3 heteroatoms. The van der Waals surface area contributed by atoms with Crippen LogP contribution in [0.5, 0.6) is 0 Å². The zero-order valence-corrected chi connectivity index (χ0v) is 7.26. The number of aryl methyl sites for hydroxylation is 1. The van der Waals surface area contributed by atoms with E-state index in [1.807, 2.05) is 31.2 Å². The highest BCUT2D eigenvalue weighted by atomic mass is 14.8. The van der Waals surface area contributed by atoms with Crippen LogP contribution in [-0.2, 0) is 0 Å². The third kappa shape index (κ3) is 1.04. The smallest absolute Gasteiger partial charge is 0.141 e. The van der Waals surface area contributed by atoms with Gasteiger partial charge in [-0.2, -0.15) is 5.26 Å². The fourth-order valence-electron chi connectivity index (χ4n) is 1.41. The maximum Gasteiger partial charge on any atom is 0.141 e. The van der Waals surface area contributed by atoms with Gasteiger partial charge in [0.2, 0.25) is 0 Å². The first-order valence-electron chi connectivity index (χ1n) is 4.00. The lowest BCUT2D eigenvalue weighted by Gasteiger charge is -1.92. The zero-order valence-electron chi connectivity index (χ0n) is 7.26. The third-order valence-corrected chi connectivity index (χ3v) is 2.11. The molecule has 1 aromatic carbocycles. The van der Waals surface area contributed by atoms with Crippen LogP contribution in [0.25, 0.3) is 10.9 Å². The van der Waals surface area contributed by atoms with Gasteiger partial charge in [-0.05, 0) is 19.1 Å². The third-order valence-electron chi connectivity index (χ3n) is 2.11. The summed E-state index contributed by atoms with van der Waals surface area (Å²) in [4.78, 5) is 2.95. The highest BCUT2D eigenvalue weighted by molar-refractivity contribution is 5.94. The van der Waals surface area contributed by atoms with Gasteiger partial charge < -0.3 is 10.7 Å². The molecule has 0 radical (unpaired) electrons. The van der Waals surface area contributed by atoms with E-state index < -0.39 is 0 Å². The van der Waals surface area contributed by atoms with E-state index in [0.717, 1.165) is 16.5 Å². The summed E-state index contributed by atoms with van der Waals surface area (Å²) in [6.07, 6.45) is 0. The molecule has 0 saturated carbocycles. The fraction of sp³-hybridized carbons (Fsp3) is 0.100. The quantitative estimate of drug-likeness (QED) is 0.636. The molecular formula is C10H9N3. The van der Waals surface area contributed by atoms with Gasteiger partial charge in [0.1, 0.15) is 11.8 Å². The van der Waals surface area contributed by atoms with Crippen molar-refractivity contribution in [2.45, 2.75) is 6.92 Å². The summed E-state index contributed by atoms with van der Waals surface area (Å²) in [6.45, 7) is 2.00. The number of fused-ring (bicyclic) bond motifs is 1. The van der Waals surface area contributed by atoms with Crippen LogP contribution in [0.15, 0.2) is 18.2 Å². The summed E-state index contributed by atoms with van der Waals surface area (Å²) in [6, 6.07) is 7.92. The SMILES string of the molecule is Cc1ccc2[nH]c(C#N)c(N)c2c1. The minimum atomic E-state index is 0.445. The molecular weight excluding hydrogens is 162 g/mol. The summed E-state index contributed by atoms with van der Waals surface area (Å²) in [5.74, 6) is 0. The molecule has 1 heterocycles. The van der Waals surface area contributed by atoms with Gasteiger partial charge in [0, 0.05) is 10.9 Å². The molecule has 0 saturated heterocycles. The topological polar surface area (TPSA) is 65.6 Å². The normalized spacial score (nSPS) is 10.2. The van der Waals surface area contributed by atoms with Crippen LogP contribution in [0, 0.1) is 18.3 Å². The average Bonchev–Trinajstić information content (AvgIpc) is 2.44. The summed E-state index contributed by atoms with van der Waals surface area (Å²) < 4.78 is 0. The number of aromatic nitrogens is 1. The first-order chi connectivity index (χ1) is 6.22. The van der Waals surface area contributed by atoms with Gasteiger partial charge in [-0.25, -0.2) is 0 Å². The molecule has 2 aromatic rings. The predicted octanol–water partition coefficient (Wildman–Crippen LogP) is 1.93. The number of anilines is 1. The molecule has 0 unspecified atom stereocenters. The van der Waals surface area contributed by atoms with Crippen LogP contribution in [0.1, 0.15) is 11.3 Å². The van der Waals surface area contributed by atoms with E-state index >= 15 is 0 Å². The second kappa shape index (κ2) is 2.53. The first-order valence-corrected chi connectivity index (χ1v) is 4.00. The minimum absolute atomic E-state index is 0.445. The molecule has 13 heavy (non-hydrogen) atoms. The van der Waals surface area contributed by atoms with Crippen molar-refractivity contribution in [2.75, 3.05) is 5.73 Å². The number of aromatic amines is 1. The lowest BCUT2D eigenvalue weighted by Crippen LogP contribution is -1.85. The van der Waals surface area contributed by atoms with Crippen LogP contribution in [0.3, 0.4) is 0 Å². The Morgan fingerprint density at radius 1 is 1.46 bits per heavy atom. The van der Waals surface area contributed by atoms with Gasteiger partial charge in [0.15, 0.2) is 0 Å². The van der Waals surface area contributed by atoms with Crippen molar-refractivity contribution in [3.05, 3.63) is 29.5 Å². The second-order valence-corrected chi connectivity index (χ2v) is 3.07. The van der Waals surface area contributed by atoms with Gasteiger partial charge in [0.25, 0.3) is 0 Å². The number of nitrogens with zero attached hydrogens (tertiary/aromatic N) is 1. The number of nitrogens with one attached hydrogen (secondary N) is 1. The summed E-state index contributed by atoms with van der Waals surface area (Å²) in [5, 5.41) is 9.65. The van der Waals surface area contributed by atoms with Crippen molar-refractivity contribution in [1.82, 2.24) is 4.98 Å². The van der Waals surface area contributed by atoms with Crippen molar-refractivity contribution in [3.63, 3.8) is 0 Å². The Labute approximate surface area is 75.8 Å². The van der Waals surface area contributed by atoms with Gasteiger partial charge in [-0.3, -0.25) is 0 Å². The van der Waals surface area contributed by atoms with Gasteiger partial charge in [0.05, 0.1) is 5.69 Å². The Kier molecular flexibility index (Phi) is 1.49. The van der Waals surface area contributed by atoms with Crippen molar-refractivity contribution in [2.24, 2.45) is 0 Å². The van der Waals surface area contributed by atoms with E-state index in [1.54, 1.807) is 0 Å². The number of nitrogens with two attached hydrogens (primary N) is 1. The Bertz CT molecular complexity index is 503. The molecule has 3 N–H and O–H groups in total. The number of benzene rings is 1. The maximum absolute atomic E-state index is 8.73. The summed E-state index contributed by atoms with van der Waals surface area (Å²) in [5.41, 5.74) is 8.81. The molecule has 1 aromatic heterocycles. The Morgan fingerprint density at radius 2 is 2.23 bits per heavy atom. The molecule has 0 aliphatic rings. The van der Waals surface area contributed by atoms with Crippen LogP contribution < -0.4 is 5.73 Å². The average molecular weight is 171 g/mol. The molecule has 0 fully saturated rings. The van der Waals surface area contributed by atoms with Crippen LogP contribution in [-0.4, -0.2) is 4.98 Å². The lowest BCUT2D eigenvalue weighted by molar-refractivity contribution is 1.37. The molecule has 2 rings (SSSR count). The van der Waals surface area contributed by atoms with E-state index in [9.17, 15) is 0 Å². The number of rotatable bonds is 0. The maximum atomic E-state index is 8.73. The standard InChI is InChI=1S/C10H9N3/c1-6-2-3-8-7(4-6)10(12)9(5-11)13-8/h2-4,13H,12H2,1H3. The lowest BCUT2D eigenvalue weighted by atomic mass is 10.1. The number of hydrogen-bond acceptors (Lipinski definition) is 2. The van der Waals surface area contributed by atoms with Crippen molar-refractivity contribution < 1.29 is 0 Å². The minimum Gasteiger partial charge on any atom is -0.396 e. The van der Waals surface area contributed by atoms with Crippen LogP contribution in [0.2, 0.25) is 0 Å². The number of nitrogen functional groups attached to an aromatic ring is 1. The van der Waals surface area contributed by atoms with Gasteiger partial charge in [-0.15, -0.1) is 0 Å². The first kappa shape index (κ1) is 7.69. The van der Waals surface area contributed by atoms with Crippen molar-refractivity contribution in [1.29, 1.82) is 5.26 Å². The van der Waals surface area contributed by atoms with Gasteiger partial charge in [-0.1, -0.05) is 11.6 Å².